The van der Waals surface area contributed by atoms with Crippen LogP contribution in [0.5, 0.6) is 0 Å². The van der Waals surface area contributed by atoms with Crippen molar-refractivity contribution in [3.05, 3.63) is 35.4 Å². The Hall–Kier alpha value is -1.15. The van der Waals surface area contributed by atoms with Crippen LogP contribution in [0.1, 0.15) is 30.4 Å². The zero-order valence-corrected chi connectivity index (χ0v) is 9.12. The van der Waals surface area contributed by atoms with E-state index in [2.05, 4.69) is 29.6 Å². The quantitative estimate of drug-likeness (QED) is 0.813. The molecular formula is C13H17NO. The number of carbonyl (C=O) groups is 1. The Bertz CT molecular complexity index is 336. The number of hydrogen-bond donors (Lipinski definition) is 1. The molecular weight excluding hydrogens is 186 g/mol. The predicted molar refractivity (Wildman–Crippen MR) is 61.1 cm³/mol. The molecule has 1 unspecified atom stereocenters. The van der Waals surface area contributed by atoms with E-state index in [9.17, 15) is 4.79 Å². The summed E-state index contributed by atoms with van der Waals surface area (Å²) in [6, 6.07) is 8.48. The van der Waals surface area contributed by atoms with E-state index in [1.54, 1.807) is 6.92 Å². The van der Waals surface area contributed by atoms with Crippen LogP contribution >= 0.6 is 0 Å². The van der Waals surface area contributed by atoms with Crippen LogP contribution in [0, 0.1) is 0 Å². The van der Waals surface area contributed by atoms with E-state index < -0.39 is 0 Å². The molecule has 0 bridgehead atoms. The van der Waals surface area contributed by atoms with Crippen LogP contribution in [0.15, 0.2) is 24.3 Å². The molecule has 2 rings (SSSR count). The fourth-order valence-electron chi connectivity index (χ4n) is 2.13. The van der Waals surface area contributed by atoms with Gasteiger partial charge in [0.25, 0.3) is 0 Å². The maximum absolute atomic E-state index is 10.9. The Kier molecular flexibility index (Phi) is 3.17. The highest BCUT2D eigenvalue weighted by Crippen LogP contribution is 2.22. The van der Waals surface area contributed by atoms with Crippen molar-refractivity contribution in [1.29, 1.82) is 0 Å². The molecule has 0 aliphatic carbocycles. The summed E-state index contributed by atoms with van der Waals surface area (Å²) in [4.78, 5) is 10.9. The highest BCUT2D eigenvalue weighted by molar-refractivity contribution is 5.78. The lowest BCUT2D eigenvalue weighted by molar-refractivity contribution is -0.116. The third kappa shape index (κ3) is 2.66. The maximum Gasteiger partial charge on any atom is 0.134 e. The average molecular weight is 203 g/mol. The van der Waals surface area contributed by atoms with Crippen molar-refractivity contribution in [1.82, 2.24) is 5.32 Å². The number of carbonyl (C=O) groups excluding carboxylic acids is 1. The molecule has 1 aromatic rings. The van der Waals surface area contributed by atoms with E-state index in [0.29, 0.717) is 12.3 Å². The molecule has 1 aliphatic rings. The second-order valence-corrected chi connectivity index (χ2v) is 4.31. The van der Waals surface area contributed by atoms with E-state index in [0.717, 1.165) is 18.7 Å². The fraction of sp³-hybridized carbons (Fsp3) is 0.462. The van der Waals surface area contributed by atoms with Crippen LogP contribution in [0.25, 0.3) is 0 Å². The largest absolute Gasteiger partial charge is 0.316 e. The summed E-state index contributed by atoms with van der Waals surface area (Å²) < 4.78 is 0. The van der Waals surface area contributed by atoms with Crippen molar-refractivity contribution in [2.75, 3.05) is 13.1 Å². The van der Waals surface area contributed by atoms with Crippen molar-refractivity contribution in [2.24, 2.45) is 0 Å². The third-order valence-electron chi connectivity index (χ3n) is 2.96. The number of benzene rings is 1. The monoisotopic (exact) mass is 203 g/mol. The van der Waals surface area contributed by atoms with Gasteiger partial charge in [-0.3, -0.25) is 4.79 Å². The first kappa shape index (κ1) is 10.4. The van der Waals surface area contributed by atoms with Gasteiger partial charge in [0.2, 0.25) is 0 Å². The van der Waals surface area contributed by atoms with Gasteiger partial charge in [0.15, 0.2) is 0 Å². The number of Topliss-reactive ketones (excluding diaryl/α,β-unsaturated/α-hetero) is 1. The van der Waals surface area contributed by atoms with E-state index in [1.807, 2.05) is 0 Å². The molecule has 1 fully saturated rings. The van der Waals surface area contributed by atoms with Crippen LogP contribution < -0.4 is 5.32 Å². The van der Waals surface area contributed by atoms with E-state index >= 15 is 0 Å². The summed E-state index contributed by atoms with van der Waals surface area (Å²) in [7, 11) is 0. The van der Waals surface area contributed by atoms with Gasteiger partial charge in [-0.25, -0.2) is 0 Å². The van der Waals surface area contributed by atoms with Gasteiger partial charge in [0, 0.05) is 13.0 Å². The van der Waals surface area contributed by atoms with Crippen molar-refractivity contribution in [2.45, 2.75) is 25.7 Å². The van der Waals surface area contributed by atoms with Gasteiger partial charge in [0.1, 0.15) is 5.78 Å². The Morgan fingerprint density at radius 1 is 1.40 bits per heavy atom. The van der Waals surface area contributed by atoms with Crippen LogP contribution in [0.2, 0.25) is 0 Å². The van der Waals surface area contributed by atoms with Gasteiger partial charge in [0.05, 0.1) is 0 Å². The van der Waals surface area contributed by atoms with Gasteiger partial charge < -0.3 is 5.32 Å². The second-order valence-electron chi connectivity index (χ2n) is 4.31. The first-order chi connectivity index (χ1) is 7.25. The maximum atomic E-state index is 10.9. The summed E-state index contributed by atoms with van der Waals surface area (Å²) in [5.74, 6) is 0.890. The summed E-state index contributed by atoms with van der Waals surface area (Å²) in [6.45, 7) is 3.85. The molecule has 0 amide bonds. The molecule has 1 atom stereocenters. The molecule has 1 aliphatic heterocycles. The smallest absolute Gasteiger partial charge is 0.134 e. The van der Waals surface area contributed by atoms with E-state index in [4.69, 9.17) is 0 Å². The zero-order chi connectivity index (χ0) is 10.7. The van der Waals surface area contributed by atoms with Crippen molar-refractivity contribution in [3.63, 3.8) is 0 Å². The summed E-state index contributed by atoms with van der Waals surface area (Å²) >= 11 is 0. The topological polar surface area (TPSA) is 29.1 Å². The molecule has 1 saturated heterocycles. The van der Waals surface area contributed by atoms with Gasteiger partial charge in [-0.05, 0) is 36.9 Å². The van der Waals surface area contributed by atoms with Crippen LogP contribution in [-0.4, -0.2) is 18.9 Å². The van der Waals surface area contributed by atoms with E-state index in [-0.39, 0.29) is 5.78 Å². The second kappa shape index (κ2) is 4.58. The van der Waals surface area contributed by atoms with Gasteiger partial charge >= 0.3 is 0 Å². The summed E-state index contributed by atoms with van der Waals surface area (Å²) in [6.07, 6.45) is 1.79. The minimum atomic E-state index is 0.227. The Labute approximate surface area is 90.7 Å². The average Bonchev–Trinajstić information content (AvgIpc) is 2.71. The van der Waals surface area contributed by atoms with Gasteiger partial charge in [-0.15, -0.1) is 0 Å². The Morgan fingerprint density at radius 2 is 2.13 bits per heavy atom. The summed E-state index contributed by atoms with van der Waals surface area (Å²) in [5.41, 5.74) is 2.52. The lowest BCUT2D eigenvalue weighted by Crippen LogP contribution is -2.08. The van der Waals surface area contributed by atoms with Crippen LogP contribution in [-0.2, 0) is 11.2 Å². The molecule has 15 heavy (non-hydrogen) atoms. The molecule has 2 nitrogen and oxygen atoms in total. The first-order valence-corrected chi connectivity index (χ1v) is 5.54. The lowest BCUT2D eigenvalue weighted by Gasteiger charge is -2.09. The number of nitrogens with one attached hydrogen (secondary N) is 1. The molecule has 2 heteroatoms. The van der Waals surface area contributed by atoms with Crippen molar-refractivity contribution >= 4 is 5.78 Å². The molecule has 0 aromatic heterocycles. The third-order valence-corrected chi connectivity index (χ3v) is 2.96. The molecule has 0 radical (unpaired) electrons. The summed E-state index contributed by atoms with van der Waals surface area (Å²) in [5, 5.41) is 3.36. The Balaban J connectivity index is 2.06. The highest BCUT2D eigenvalue weighted by Gasteiger charge is 2.15. The minimum Gasteiger partial charge on any atom is -0.316 e. The number of rotatable bonds is 3. The molecule has 1 N–H and O–H groups in total. The fourth-order valence-corrected chi connectivity index (χ4v) is 2.13. The number of ketones is 1. The van der Waals surface area contributed by atoms with Gasteiger partial charge in [-0.1, -0.05) is 24.3 Å². The number of hydrogen-bond acceptors (Lipinski definition) is 2. The molecule has 0 saturated carbocycles. The molecule has 0 spiro atoms. The molecule has 80 valence electrons. The van der Waals surface area contributed by atoms with E-state index in [1.165, 1.54) is 12.0 Å². The Morgan fingerprint density at radius 3 is 2.67 bits per heavy atom. The van der Waals surface area contributed by atoms with Crippen LogP contribution in [0.4, 0.5) is 0 Å². The predicted octanol–water partition coefficient (Wildman–Crippen LogP) is 1.90. The standard InChI is InChI=1S/C13H17NO/c1-10(15)8-11-2-4-12(5-3-11)13-6-7-14-9-13/h2-5,13-14H,6-9H2,1H3. The lowest BCUT2D eigenvalue weighted by atomic mass is 9.96. The molecule has 1 aromatic carbocycles. The zero-order valence-electron chi connectivity index (χ0n) is 9.12. The van der Waals surface area contributed by atoms with Crippen LogP contribution in [0.3, 0.4) is 0 Å². The first-order valence-electron chi connectivity index (χ1n) is 5.54. The van der Waals surface area contributed by atoms with Gasteiger partial charge in [-0.2, -0.15) is 0 Å². The minimum absolute atomic E-state index is 0.227. The normalized spacial score (nSPS) is 20.5. The highest BCUT2D eigenvalue weighted by atomic mass is 16.1. The SMILES string of the molecule is CC(=O)Cc1ccc(C2CCNC2)cc1. The van der Waals surface area contributed by atoms with Crippen molar-refractivity contribution < 1.29 is 4.79 Å². The molecule has 1 heterocycles. The van der Waals surface area contributed by atoms with Crippen molar-refractivity contribution in [3.8, 4) is 0 Å².